The van der Waals surface area contributed by atoms with Crippen molar-refractivity contribution in [1.82, 2.24) is 19.5 Å². The normalized spacial score (nSPS) is 12.1. The minimum Gasteiger partial charge on any atom is -0.333 e. The van der Waals surface area contributed by atoms with Crippen LogP contribution in [0.15, 0.2) is 78.1 Å². The quantitative estimate of drug-likeness (QED) is 0.322. The second-order valence-corrected chi connectivity index (χ2v) is 9.26. The van der Waals surface area contributed by atoms with Crippen LogP contribution in [0.5, 0.6) is 0 Å². The van der Waals surface area contributed by atoms with Crippen molar-refractivity contribution in [3.05, 3.63) is 94.1 Å². The molecule has 0 N–H and O–H groups in total. The van der Waals surface area contributed by atoms with Crippen LogP contribution in [0.2, 0.25) is 10.0 Å². The van der Waals surface area contributed by atoms with Gasteiger partial charge in [-0.15, -0.1) is 10.2 Å². The van der Waals surface area contributed by atoms with E-state index >= 15 is 0 Å². The predicted molar refractivity (Wildman–Crippen MR) is 125 cm³/mol. The van der Waals surface area contributed by atoms with Crippen LogP contribution in [-0.2, 0) is 17.9 Å². The Kier molecular flexibility index (Phi) is 6.80. The second kappa shape index (κ2) is 9.73. The molecule has 31 heavy (non-hydrogen) atoms. The van der Waals surface area contributed by atoms with Gasteiger partial charge in [-0.25, -0.2) is 0 Å². The minimum atomic E-state index is -0.377. The molecule has 2 aromatic heterocycles. The van der Waals surface area contributed by atoms with Crippen molar-refractivity contribution in [3.8, 4) is 0 Å². The number of halogens is 2. The summed E-state index contributed by atoms with van der Waals surface area (Å²) < 4.78 is 1.72. The summed E-state index contributed by atoms with van der Waals surface area (Å²) in [7, 11) is 0. The number of aromatic nitrogens is 3. The van der Waals surface area contributed by atoms with Crippen LogP contribution in [0.1, 0.15) is 18.1 Å². The van der Waals surface area contributed by atoms with E-state index in [9.17, 15) is 4.79 Å². The maximum absolute atomic E-state index is 13.4. The molecule has 5 nitrogen and oxygen atoms in total. The molecule has 4 aromatic rings. The molecule has 2 aromatic carbocycles. The van der Waals surface area contributed by atoms with Crippen LogP contribution < -0.4 is 0 Å². The highest BCUT2D eigenvalue weighted by molar-refractivity contribution is 8.00. The minimum absolute atomic E-state index is 0.0163. The Balaban J connectivity index is 1.57. The lowest BCUT2D eigenvalue weighted by Crippen LogP contribution is -2.35. The average Bonchev–Trinajstić information content (AvgIpc) is 3.17. The topological polar surface area (TPSA) is 50.5 Å². The largest absolute Gasteiger partial charge is 0.333 e. The Morgan fingerprint density at radius 3 is 2.16 bits per heavy atom. The number of rotatable bonds is 7. The Morgan fingerprint density at radius 1 is 1.00 bits per heavy atom. The molecule has 8 heteroatoms. The molecule has 1 unspecified atom stereocenters. The average molecular weight is 471 g/mol. The fraction of sp³-hybridized carbons (Fsp3) is 0.174. The Labute approximate surface area is 195 Å². The van der Waals surface area contributed by atoms with Gasteiger partial charge in [0.05, 0.1) is 15.3 Å². The van der Waals surface area contributed by atoms with Crippen molar-refractivity contribution in [2.75, 3.05) is 0 Å². The first-order valence-electron chi connectivity index (χ1n) is 9.74. The van der Waals surface area contributed by atoms with Crippen molar-refractivity contribution in [3.63, 3.8) is 0 Å². The van der Waals surface area contributed by atoms with Gasteiger partial charge in [0.2, 0.25) is 5.91 Å². The van der Waals surface area contributed by atoms with Crippen molar-refractivity contribution >= 4 is 46.5 Å². The van der Waals surface area contributed by atoms with E-state index in [1.807, 2.05) is 72.5 Å². The van der Waals surface area contributed by atoms with E-state index in [2.05, 4.69) is 10.2 Å². The van der Waals surface area contributed by atoms with Gasteiger partial charge < -0.3 is 4.90 Å². The van der Waals surface area contributed by atoms with Crippen LogP contribution in [-0.4, -0.2) is 30.7 Å². The summed E-state index contributed by atoms with van der Waals surface area (Å²) in [5.74, 6) is 0.0163. The van der Waals surface area contributed by atoms with Crippen molar-refractivity contribution in [1.29, 1.82) is 0 Å². The summed E-state index contributed by atoms with van der Waals surface area (Å²) in [6, 6.07) is 21.6. The summed E-state index contributed by atoms with van der Waals surface area (Å²) in [5, 5.41) is 9.43. The number of thioether (sulfide) groups is 1. The zero-order chi connectivity index (χ0) is 21.8. The molecule has 0 saturated heterocycles. The predicted octanol–water partition coefficient (Wildman–Crippen LogP) is 5.75. The lowest BCUT2D eigenvalue weighted by Gasteiger charge is -2.26. The van der Waals surface area contributed by atoms with E-state index in [1.165, 1.54) is 11.8 Å². The SMILES string of the molecule is CC(Sc1nnc2c(Cl)cc(Cl)cn12)C(=O)N(Cc1ccccc1)Cc1ccccc1. The first-order valence-corrected chi connectivity index (χ1v) is 11.4. The van der Waals surface area contributed by atoms with Gasteiger partial charge in [-0.2, -0.15) is 0 Å². The molecule has 0 radical (unpaired) electrons. The number of benzene rings is 2. The number of nitrogens with zero attached hydrogens (tertiary/aromatic N) is 4. The van der Waals surface area contributed by atoms with E-state index in [1.54, 1.807) is 16.7 Å². The van der Waals surface area contributed by atoms with Gasteiger partial charge in [0, 0.05) is 19.3 Å². The number of fused-ring (bicyclic) bond motifs is 1. The van der Waals surface area contributed by atoms with E-state index in [-0.39, 0.29) is 11.2 Å². The lowest BCUT2D eigenvalue weighted by molar-refractivity contribution is -0.131. The van der Waals surface area contributed by atoms with E-state index < -0.39 is 0 Å². The van der Waals surface area contributed by atoms with E-state index in [0.717, 1.165) is 11.1 Å². The monoisotopic (exact) mass is 470 g/mol. The smallest absolute Gasteiger partial charge is 0.236 e. The fourth-order valence-electron chi connectivity index (χ4n) is 3.27. The second-order valence-electron chi connectivity index (χ2n) is 7.11. The summed E-state index contributed by atoms with van der Waals surface area (Å²) >= 11 is 13.7. The molecular formula is C23H20Cl2N4OS. The third-order valence-electron chi connectivity index (χ3n) is 4.77. The van der Waals surface area contributed by atoms with Gasteiger partial charge >= 0.3 is 0 Å². The van der Waals surface area contributed by atoms with Gasteiger partial charge in [-0.05, 0) is 24.1 Å². The Morgan fingerprint density at radius 2 is 1.58 bits per heavy atom. The number of pyridine rings is 1. The first kappa shape index (κ1) is 21.7. The number of carbonyl (C=O) groups is 1. The maximum Gasteiger partial charge on any atom is 0.236 e. The van der Waals surface area contributed by atoms with Crippen LogP contribution in [0, 0.1) is 0 Å². The van der Waals surface area contributed by atoms with Crippen molar-refractivity contribution < 1.29 is 4.79 Å². The standard InChI is InChI=1S/C23H20Cl2N4OS/c1-16(31-23-27-26-21-20(25)12-19(24)15-29(21)23)22(30)28(13-17-8-4-2-5-9-17)14-18-10-6-3-7-11-18/h2-12,15-16H,13-14H2,1H3. The summed E-state index contributed by atoms with van der Waals surface area (Å²) in [6.45, 7) is 2.93. The Bertz CT molecular complexity index is 1140. The molecule has 0 bridgehead atoms. The third kappa shape index (κ3) is 5.21. The molecule has 0 aliphatic carbocycles. The highest BCUT2D eigenvalue weighted by atomic mass is 35.5. The van der Waals surface area contributed by atoms with Crippen LogP contribution in [0.4, 0.5) is 0 Å². The molecular weight excluding hydrogens is 451 g/mol. The number of amides is 1. The molecule has 4 rings (SSSR count). The molecule has 1 atom stereocenters. The molecule has 1 amide bonds. The summed E-state index contributed by atoms with van der Waals surface area (Å²) in [6.07, 6.45) is 1.70. The summed E-state index contributed by atoms with van der Waals surface area (Å²) in [4.78, 5) is 15.3. The highest BCUT2D eigenvalue weighted by Crippen LogP contribution is 2.28. The molecule has 0 fully saturated rings. The lowest BCUT2D eigenvalue weighted by atomic mass is 10.1. The molecule has 0 saturated carbocycles. The highest BCUT2D eigenvalue weighted by Gasteiger charge is 2.24. The maximum atomic E-state index is 13.4. The van der Waals surface area contributed by atoms with Gasteiger partial charge in [0.15, 0.2) is 10.8 Å². The zero-order valence-corrected chi connectivity index (χ0v) is 19.1. The van der Waals surface area contributed by atoms with Crippen LogP contribution >= 0.6 is 35.0 Å². The molecule has 0 spiro atoms. The first-order chi connectivity index (χ1) is 15.0. The van der Waals surface area contributed by atoms with Gasteiger partial charge in [0.1, 0.15) is 0 Å². The Hall–Kier alpha value is -2.54. The molecule has 0 aliphatic rings. The van der Waals surface area contributed by atoms with E-state index in [0.29, 0.717) is 33.9 Å². The van der Waals surface area contributed by atoms with Crippen LogP contribution in [0.25, 0.3) is 5.65 Å². The summed E-state index contributed by atoms with van der Waals surface area (Å²) in [5.41, 5.74) is 2.67. The van der Waals surface area contributed by atoms with Gasteiger partial charge in [-0.3, -0.25) is 9.20 Å². The van der Waals surface area contributed by atoms with Gasteiger partial charge in [0.25, 0.3) is 0 Å². The van der Waals surface area contributed by atoms with E-state index in [4.69, 9.17) is 23.2 Å². The molecule has 158 valence electrons. The third-order valence-corrected chi connectivity index (χ3v) is 6.30. The molecule has 2 heterocycles. The van der Waals surface area contributed by atoms with Gasteiger partial charge in [-0.1, -0.05) is 95.6 Å². The van der Waals surface area contributed by atoms with Crippen molar-refractivity contribution in [2.24, 2.45) is 0 Å². The van der Waals surface area contributed by atoms with Crippen LogP contribution in [0.3, 0.4) is 0 Å². The zero-order valence-electron chi connectivity index (χ0n) is 16.8. The number of hydrogen-bond acceptors (Lipinski definition) is 4. The van der Waals surface area contributed by atoms with Crippen molar-refractivity contribution in [2.45, 2.75) is 30.4 Å². The fourth-order valence-corrected chi connectivity index (χ4v) is 4.68. The molecule has 0 aliphatic heterocycles. The number of carbonyl (C=O) groups excluding carboxylic acids is 1. The number of hydrogen-bond donors (Lipinski definition) is 0.